The van der Waals surface area contributed by atoms with E-state index in [9.17, 15) is 19.1 Å². The van der Waals surface area contributed by atoms with Crippen molar-refractivity contribution in [1.82, 2.24) is 9.80 Å². The molecule has 2 heterocycles. The summed E-state index contributed by atoms with van der Waals surface area (Å²) in [6, 6.07) is 8.94. The minimum atomic E-state index is -0.897. The number of ether oxygens (including phenoxy) is 1. The molecule has 0 aliphatic carbocycles. The second kappa shape index (κ2) is 9.58. The van der Waals surface area contributed by atoms with Crippen molar-refractivity contribution in [3.05, 3.63) is 75.0 Å². The molecule has 1 amide bonds. The maximum absolute atomic E-state index is 13.4. The van der Waals surface area contributed by atoms with E-state index in [-0.39, 0.29) is 28.5 Å². The molecule has 0 unspecified atom stereocenters. The number of likely N-dealkylation sites (tertiary alicyclic amines) is 1. The van der Waals surface area contributed by atoms with Crippen molar-refractivity contribution < 1.29 is 23.8 Å². The molecule has 1 atom stereocenters. The van der Waals surface area contributed by atoms with Crippen LogP contribution in [0.3, 0.4) is 0 Å². The van der Waals surface area contributed by atoms with Crippen LogP contribution in [-0.4, -0.2) is 66.0 Å². The van der Waals surface area contributed by atoms with E-state index in [0.717, 1.165) is 13.1 Å². The number of aliphatic hydroxyl groups excluding tert-OH is 1. The molecule has 2 aromatic rings. The number of nitrogens with zero attached hydrogens (tertiary/aromatic N) is 2. The van der Waals surface area contributed by atoms with Gasteiger partial charge in [0.15, 0.2) is 0 Å². The summed E-state index contributed by atoms with van der Waals surface area (Å²) < 4.78 is 18.7. The van der Waals surface area contributed by atoms with Gasteiger partial charge in [-0.2, -0.15) is 0 Å². The number of morpholine rings is 1. The molecule has 2 aliphatic heterocycles. The molecule has 6 nitrogen and oxygen atoms in total. The summed E-state index contributed by atoms with van der Waals surface area (Å²) in [6.07, 6.45) is 0. The van der Waals surface area contributed by atoms with Crippen molar-refractivity contribution in [1.29, 1.82) is 0 Å². The minimum Gasteiger partial charge on any atom is -0.507 e. The fraction of sp³-hybridized carbons (Fsp3) is 0.304. The third kappa shape index (κ3) is 4.52. The van der Waals surface area contributed by atoms with Gasteiger partial charge in [-0.25, -0.2) is 4.39 Å². The first-order valence-corrected chi connectivity index (χ1v) is 10.9. The molecule has 2 saturated heterocycles. The maximum atomic E-state index is 13.4. The maximum Gasteiger partial charge on any atom is 0.295 e. The zero-order chi connectivity index (χ0) is 22.8. The highest BCUT2D eigenvalue weighted by Gasteiger charge is 2.46. The summed E-state index contributed by atoms with van der Waals surface area (Å²) in [5.74, 6) is -2.40. The van der Waals surface area contributed by atoms with Crippen molar-refractivity contribution in [2.75, 3.05) is 39.4 Å². The van der Waals surface area contributed by atoms with Crippen molar-refractivity contribution >= 4 is 40.7 Å². The van der Waals surface area contributed by atoms with Crippen LogP contribution in [0.5, 0.6) is 0 Å². The summed E-state index contributed by atoms with van der Waals surface area (Å²) in [6.45, 7) is 3.46. The number of hydrogen-bond acceptors (Lipinski definition) is 5. The van der Waals surface area contributed by atoms with Crippen LogP contribution in [0.1, 0.15) is 17.2 Å². The molecule has 2 aliphatic rings. The number of hydrogen-bond donors (Lipinski definition) is 1. The molecule has 1 N–H and O–H groups in total. The van der Waals surface area contributed by atoms with Gasteiger partial charge in [0.25, 0.3) is 11.7 Å². The summed E-state index contributed by atoms with van der Waals surface area (Å²) >= 11 is 12.5. The van der Waals surface area contributed by atoms with Gasteiger partial charge in [0.05, 0.1) is 24.8 Å². The number of Topliss-reactive ketones (excluding diaryl/α,β-unsaturated/α-hetero) is 1. The Morgan fingerprint density at radius 3 is 2.41 bits per heavy atom. The molecule has 4 rings (SSSR count). The lowest BCUT2D eigenvalue weighted by molar-refractivity contribution is -0.140. The first-order chi connectivity index (χ1) is 15.4. The molecule has 32 heavy (non-hydrogen) atoms. The Morgan fingerprint density at radius 2 is 1.75 bits per heavy atom. The third-order valence-corrected chi connectivity index (χ3v) is 6.24. The number of benzene rings is 2. The van der Waals surface area contributed by atoms with Gasteiger partial charge in [0, 0.05) is 41.8 Å². The summed E-state index contributed by atoms with van der Waals surface area (Å²) in [5, 5.41) is 11.6. The molecule has 0 bridgehead atoms. The first kappa shape index (κ1) is 22.7. The molecule has 0 aromatic heterocycles. The van der Waals surface area contributed by atoms with E-state index in [4.69, 9.17) is 27.9 Å². The van der Waals surface area contributed by atoms with Gasteiger partial charge in [-0.15, -0.1) is 0 Å². The van der Waals surface area contributed by atoms with E-state index in [0.29, 0.717) is 30.3 Å². The van der Waals surface area contributed by atoms with Crippen LogP contribution >= 0.6 is 23.2 Å². The van der Waals surface area contributed by atoms with E-state index in [1.54, 1.807) is 12.1 Å². The Kier molecular flexibility index (Phi) is 6.81. The number of rotatable bonds is 5. The highest BCUT2D eigenvalue weighted by Crippen LogP contribution is 2.42. The number of amides is 1. The Labute approximate surface area is 194 Å². The van der Waals surface area contributed by atoms with Gasteiger partial charge in [0.1, 0.15) is 11.6 Å². The third-order valence-electron chi connectivity index (χ3n) is 5.68. The van der Waals surface area contributed by atoms with E-state index < -0.39 is 23.5 Å². The van der Waals surface area contributed by atoms with Crippen molar-refractivity contribution in [2.45, 2.75) is 6.04 Å². The Balaban J connectivity index is 1.76. The molecule has 0 radical (unpaired) electrons. The zero-order valence-electron chi connectivity index (χ0n) is 17.1. The molecular formula is C23H21Cl2FN2O4. The molecule has 168 valence electrons. The van der Waals surface area contributed by atoms with Crippen LogP contribution in [0.25, 0.3) is 5.76 Å². The van der Waals surface area contributed by atoms with Crippen molar-refractivity contribution in [3.8, 4) is 0 Å². The molecule has 0 spiro atoms. The average molecular weight is 479 g/mol. The predicted molar refractivity (Wildman–Crippen MR) is 119 cm³/mol. The number of aliphatic hydroxyl groups is 1. The lowest BCUT2D eigenvalue weighted by Crippen LogP contribution is -2.42. The van der Waals surface area contributed by atoms with Crippen LogP contribution in [0.2, 0.25) is 10.0 Å². The average Bonchev–Trinajstić information content (AvgIpc) is 3.03. The van der Waals surface area contributed by atoms with Crippen LogP contribution in [0.15, 0.2) is 48.0 Å². The van der Waals surface area contributed by atoms with Gasteiger partial charge in [-0.05, 0) is 42.0 Å². The summed E-state index contributed by atoms with van der Waals surface area (Å²) in [4.78, 5) is 29.6. The summed E-state index contributed by atoms with van der Waals surface area (Å²) in [7, 11) is 0. The molecule has 0 saturated carbocycles. The van der Waals surface area contributed by atoms with Gasteiger partial charge >= 0.3 is 0 Å². The smallest absolute Gasteiger partial charge is 0.295 e. The van der Waals surface area contributed by atoms with Crippen LogP contribution in [0.4, 0.5) is 4.39 Å². The van der Waals surface area contributed by atoms with E-state index in [1.165, 1.54) is 35.2 Å². The van der Waals surface area contributed by atoms with Gasteiger partial charge in [0.2, 0.25) is 0 Å². The number of carbonyl (C=O) groups excluding carboxylic acids is 2. The second-order valence-corrected chi connectivity index (χ2v) is 8.46. The van der Waals surface area contributed by atoms with Gasteiger partial charge in [-0.1, -0.05) is 29.3 Å². The van der Waals surface area contributed by atoms with E-state index in [1.807, 2.05) is 0 Å². The topological polar surface area (TPSA) is 70.1 Å². The largest absolute Gasteiger partial charge is 0.507 e. The Morgan fingerprint density at radius 1 is 1.06 bits per heavy atom. The highest BCUT2D eigenvalue weighted by molar-refractivity contribution is 6.47. The Bertz CT molecular complexity index is 1070. The van der Waals surface area contributed by atoms with Crippen LogP contribution in [0, 0.1) is 5.82 Å². The monoisotopic (exact) mass is 478 g/mol. The van der Waals surface area contributed by atoms with Crippen LogP contribution in [-0.2, 0) is 14.3 Å². The molecule has 2 aromatic carbocycles. The number of halogens is 3. The quantitative estimate of drug-likeness (QED) is 0.401. The van der Waals surface area contributed by atoms with Crippen LogP contribution < -0.4 is 0 Å². The fourth-order valence-electron chi connectivity index (χ4n) is 3.99. The lowest BCUT2D eigenvalue weighted by Gasteiger charge is -2.31. The van der Waals surface area contributed by atoms with Crippen molar-refractivity contribution in [2.24, 2.45) is 0 Å². The highest BCUT2D eigenvalue weighted by atomic mass is 35.5. The van der Waals surface area contributed by atoms with Gasteiger partial charge < -0.3 is 14.7 Å². The Hall–Kier alpha value is -2.45. The predicted octanol–water partition coefficient (Wildman–Crippen LogP) is 3.89. The lowest BCUT2D eigenvalue weighted by atomic mass is 9.95. The second-order valence-electron chi connectivity index (χ2n) is 7.62. The van der Waals surface area contributed by atoms with Gasteiger partial charge in [-0.3, -0.25) is 14.5 Å². The zero-order valence-corrected chi connectivity index (χ0v) is 18.6. The SMILES string of the molecule is O=C1C(=O)N(CCN2CCOCC2)[C@H](c2ccc(Cl)cc2Cl)C1=C(O)c1ccc(F)cc1. The number of carbonyl (C=O) groups is 2. The van der Waals surface area contributed by atoms with E-state index in [2.05, 4.69) is 4.90 Å². The first-order valence-electron chi connectivity index (χ1n) is 10.2. The minimum absolute atomic E-state index is 0.0900. The fourth-order valence-corrected chi connectivity index (χ4v) is 4.51. The normalized spacial score (nSPS) is 21.3. The molecular weight excluding hydrogens is 458 g/mol. The van der Waals surface area contributed by atoms with Crippen molar-refractivity contribution in [3.63, 3.8) is 0 Å². The number of ketones is 1. The standard InChI is InChI=1S/C23H21Cl2FN2O4/c24-15-3-6-17(18(25)13-15)20-19(21(29)14-1-4-16(26)5-2-14)22(30)23(31)28(20)8-7-27-9-11-32-12-10-27/h1-6,13,20,29H,7-12H2/t20-/m1/s1. The molecule has 2 fully saturated rings. The molecule has 9 heteroatoms. The van der Waals surface area contributed by atoms with E-state index >= 15 is 0 Å². The summed E-state index contributed by atoms with van der Waals surface area (Å²) in [5.41, 5.74) is 0.612.